The molecule has 0 bridgehead atoms. The van der Waals surface area contributed by atoms with Crippen molar-refractivity contribution in [2.45, 2.75) is 20.4 Å². The molecular weight excluding hydrogens is 230 g/mol. The Balaban J connectivity index is 2.43. The zero-order valence-corrected chi connectivity index (χ0v) is 10.7. The van der Waals surface area contributed by atoms with E-state index in [4.69, 9.17) is 5.73 Å². The molecule has 0 saturated carbocycles. The van der Waals surface area contributed by atoms with Crippen LogP contribution in [0.3, 0.4) is 0 Å². The van der Waals surface area contributed by atoms with Gasteiger partial charge in [0.15, 0.2) is 0 Å². The Bertz CT molecular complexity index is 444. The van der Waals surface area contributed by atoms with Crippen LogP contribution in [0.2, 0.25) is 0 Å². The van der Waals surface area contributed by atoms with E-state index in [0.29, 0.717) is 25.2 Å². The summed E-state index contributed by atoms with van der Waals surface area (Å²) < 4.78 is 0. The van der Waals surface area contributed by atoms with E-state index in [-0.39, 0.29) is 5.91 Å². The summed E-state index contributed by atoms with van der Waals surface area (Å²) in [7, 11) is 0. The summed E-state index contributed by atoms with van der Waals surface area (Å²) in [5, 5.41) is 5.92. The number of hydrogen-bond donors (Lipinski definition) is 3. The molecule has 18 heavy (non-hydrogen) atoms. The van der Waals surface area contributed by atoms with Gasteiger partial charge >= 0.3 is 0 Å². The van der Waals surface area contributed by atoms with E-state index in [1.807, 2.05) is 13.0 Å². The molecular formula is C13H19N3O2. The second kappa shape index (κ2) is 6.76. The lowest BCUT2D eigenvalue weighted by Gasteiger charge is -2.09. The van der Waals surface area contributed by atoms with Gasteiger partial charge in [-0.05, 0) is 30.2 Å². The van der Waals surface area contributed by atoms with Crippen LogP contribution in [0.1, 0.15) is 28.4 Å². The van der Waals surface area contributed by atoms with Gasteiger partial charge < -0.3 is 16.4 Å². The van der Waals surface area contributed by atoms with Crippen molar-refractivity contribution in [2.24, 2.45) is 5.73 Å². The van der Waals surface area contributed by atoms with E-state index in [0.717, 1.165) is 11.1 Å². The summed E-state index contributed by atoms with van der Waals surface area (Å²) in [6.45, 7) is 5.44. The van der Waals surface area contributed by atoms with E-state index < -0.39 is 5.91 Å². The highest BCUT2D eigenvalue weighted by Gasteiger charge is 2.03. The molecule has 98 valence electrons. The summed E-state index contributed by atoms with van der Waals surface area (Å²) >= 11 is 0. The Labute approximate surface area is 107 Å². The van der Waals surface area contributed by atoms with Crippen LogP contribution in [0.15, 0.2) is 18.2 Å². The first-order valence-electron chi connectivity index (χ1n) is 5.85. The van der Waals surface area contributed by atoms with E-state index in [1.165, 1.54) is 6.92 Å². The van der Waals surface area contributed by atoms with Gasteiger partial charge in [-0.3, -0.25) is 9.59 Å². The van der Waals surface area contributed by atoms with Gasteiger partial charge in [-0.25, -0.2) is 0 Å². The van der Waals surface area contributed by atoms with Crippen molar-refractivity contribution >= 4 is 11.8 Å². The highest BCUT2D eigenvalue weighted by Crippen LogP contribution is 2.10. The Morgan fingerprint density at radius 2 is 2.00 bits per heavy atom. The summed E-state index contributed by atoms with van der Waals surface area (Å²) in [6, 6.07) is 5.40. The van der Waals surface area contributed by atoms with Crippen LogP contribution in [-0.4, -0.2) is 24.9 Å². The molecule has 0 aromatic heterocycles. The molecule has 0 fully saturated rings. The third-order valence-corrected chi connectivity index (χ3v) is 2.62. The Kier molecular flexibility index (Phi) is 5.32. The Morgan fingerprint density at radius 3 is 2.56 bits per heavy atom. The Hall–Kier alpha value is -1.88. The van der Waals surface area contributed by atoms with Crippen LogP contribution in [0.5, 0.6) is 0 Å². The van der Waals surface area contributed by atoms with Crippen molar-refractivity contribution in [1.29, 1.82) is 0 Å². The maximum atomic E-state index is 11.0. The Morgan fingerprint density at radius 1 is 1.28 bits per heavy atom. The predicted molar refractivity (Wildman–Crippen MR) is 70.1 cm³/mol. The zero-order valence-electron chi connectivity index (χ0n) is 10.7. The van der Waals surface area contributed by atoms with Gasteiger partial charge in [0.05, 0.1) is 0 Å². The lowest BCUT2D eigenvalue weighted by Crippen LogP contribution is -2.30. The van der Waals surface area contributed by atoms with E-state index in [9.17, 15) is 9.59 Å². The molecule has 5 nitrogen and oxygen atoms in total. The monoisotopic (exact) mass is 249 g/mol. The van der Waals surface area contributed by atoms with Crippen molar-refractivity contribution in [3.63, 3.8) is 0 Å². The van der Waals surface area contributed by atoms with Gasteiger partial charge in [-0.1, -0.05) is 6.07 Å². The molecule has 0 unspecified atom stereocenters. The third kappa shape index (κ3) is 4.55. The molecule has 0 aliphatic heterocycles. The van der Waals surface area contributed by atoms with Crippen molar-refractivity contribution in [2.75, 3.05) is 13.1 Å². The van der Waals surface area contributed by atoms with Gasteiger partial charge in [0.1, 0.15) is 0 Å². The molecule has 1 aromatic rings. The number of amides is 2. The molecule has 0 saturated heterocycles. The minimum atomic E-state index is -0.414. The number of carbonyl (C=O) groups excluding carboxylic acids is 2. The van der Waals surface area contributed by atoms with E-state index >= 15 is 0 Å². The third-order valence-electron chi connectivity index (χ3n) is 2.62. The van der Waals surface area contributed by atoms with Crippen LogP contribution in [-0.2, 0) is 11.3 Å². The predicted octanol–water partition coefficient (Wildman–Crippen LogP) is 0.320. The molecule has 0 heterocycles. The van der Waals surface area contributed by atoms with Crippen molar-refractivity contribution < 1.29 is 9.59 Å². The molecule has 0 spiro atoms. The molecule has 1 aromatic carbocycles. The normalized spacial score (nSPS) is 10.1. The quantitative estimate of drug-likeness (QED) is 0.635. The standard InChI is InChI=1S/C13H19N3O2/c1-9-7-11(13(14)18)3-4-12(9)8-15-5-6-16-10(2)17/h3-4,7,15H,5-6,8H2,1-2H3,(H2,14,18)(H,16,17). The van der Waals surface area contributed by atoms with Crippen LogP contribution in [0.4, 0.5) is 0 Å². The van der Waals surface area contributed by atoms with Gasteiger partial charge in [0, 0.05) is 32.1 Å². The summed E-state index contributed by atoms with van der Waals surface area (Å²) in [4.78, 5) is 21.6. The maximum absolute atomic E-state index is 11.0. The highest BCUT2D eigenvalue weighted by atomic mass is 16.1. The number of carbonyl (C=O) groups is 2. The molecule has 4 N–H and O–H groups in total. The van der Waals surface area contributed by atoms with Gasteiger partial charge in [0.2, 0.25) is 11.8 Å². The number of aryl methyl sites for hydroxylation is 1. The first-order valence-corrected chi connectivity index (χ1v) is 5.85. The summed E-state index contributed by atoms with van der Waals surface area (Å²) in [5.41, 5.74) is 7.87. The number of benzene rings is 1. The number of primary amides is 1. The van der Waals surface area contributed by atoms with Crippen molar-refractivity contribution in [3.8, 4) is 0 Å². The highest BCUT2D eigenvalue weighted by molar-refractivity contribution is 5.93. The average molecular weight is 249 g/mol. The van der Waals surface area contributed by atoms with Gasteiger partial charge in [-0.15, -0.1) is 0 Å². The largest absolute Gasteiger partial charge is 0.366 e. The van der Waals surface area contributed by atoms with Crippen molar-refractivity contribution in [3.05, 3.63) is 34.9 Å². The minimum absolute atomic E-state index is 0.0289. The molecule has 0 radical (unpaired) electrons. The smallest absolute Gasteiger partial charge is 0.248 e. The summed E-state index contributed by atoms with van der Waals surface area (Å²) in [5.74, 6) is -0.443. The van der Waals surface area contributed by atoms with Gasteiger partial charge in [0.25, 0.3) is 0 Å². The van der Waals surface area contributed by atoms with Crippen LogP contribution in [0, 0.1) is 6.92 Å². The fourth-order valence-electron chi connectivity index (χ4n) is 1.60. The maximum Gasteiger partial charge on any atom is 0.248 e. The molecule has 0 aliphatic carbocycles. The average Bonchev–Trinajstić information content (AvgIpc) is 2.29. The van der Waals surface area contributed by atoms with Gasteiger partial charge in [-0.2, -0.15) is 0 Å². The molecule has 2 amide bonds. The SMILES string of the molecule is CC(=O)NCCNCc1ccc(C(N)=O)cc1C. The lowest BCUT2D eigenvalue weighted by atomic mass is 10.0. The lowest BCUT2D eigenvalue weighted by molar-refractivity contribution is -0.118. The second-order valence-corrected chi connectivity index (χ2v) is 4.17. The van der Waals surface area contributed by atoms with E-state index in [2.05, 4.69) is 10.6 Å². The second-order valence-electron chi connectivity index (χ2n) is 4.17. The minimum Gasteiger partial charge on any atom is -0.366 e. The molecule has 0 aliphatic rings. The van der Waals surface area contributed by atoms with Crippen LogP contribution < -0.4 is 16.4 Å². The number of nitrogens with one attached hydrogen (secondary N) is 2. The molecule has 0 atom stereocenters. The molecule has 1 rings (SSSR count). The first kappa shape index (κ1) is 14.2. The van der Waals surface area contributed by atoms with Crippen molar-refractivity contribution in [1.82, 2.24) is 10.6 Å². The first-order chi connectivity index (χ1) is 8.50. The fraction of sp³-hybridized carbons (Fsp3) is 0.385. The summed E-state index contributed by atoms with van der Waals surface area (Å²) in [6.07, 6.45) is 0. The number of nitrogens with two attached hydrogens (primary N) is 1. The van der Waals surface area contributed by atoms with E-state index in [1.54, 1.807) is 12.1 Å². The fourth-order valence-corrected chi connectivity index (χ4v) is 1.60. The number of rotatable bonds is 6. The van der Waals surface area contributed by atoms with Crippen LogP contribution >= 0.6 is 0 Å². The van der Waals surface area contributed by atoms with Crippen LogP contribution in [0.25, 0.3) is 0 Å². The zero-order chi connectivity index (χ0) is 13.5. The number of hydrogen-bond acceptors (Lipinski definition) is 3. The molecule has 5 heteroatoms. The topological polar surface area (TPSA) is 84.2 Å².